The highest BCUT2D eigenvalue weighted by Gasteiger charge is 2.27. The molecule has 23 heavy (non-hydrogen) atoms. The van der Waals surface area contributed by atoms with E-state index >= 15 is 0 Å². The highest BCUT2D eigenvalue weighted by Crippen LogP contribution is 2.42. The molecule has 3 rings (SSSR count). The van der Waals surface area contributed by atoms with Gasteiger partial charge in [-0.1, -0.05) is 5.92 Å². The number of hydrogen-bond acceptors (Lipinski definition) is 2. The first kappa shape index (κ1) is 15.5. The zero-order valence-electron chi connectivity index (χ0n) is 13.9. The maximum absolute atomic E-state index is 11.6. The Labute approximate surface area is 137 Å². The zero-order chi connectivity index (χ0) is 16.6. The Morgan fingerprint density at radius 2 is 2.30 bits per heavy atom. The van der Waals surface area contributed by atoms with Gasteiger partial charge in [0.1, 0.15) is 12.4 Å². The van der Waals surface area contributed by atoms with Crippen LogP contribution in [0.25, 0.3) is 10.9 Å². The van der Waals surface area contributed by atoms with E-state index in [-0.39, 0.29) is 12.5 Å². The summed E-state index contributed by atoms with van der Waals surface area (Å²) in [6.45, 7) is 2.66. The predicted molar refractivity (Wildman–Crippen MR) is 91.6 cm³/mol. The topological polar surface area (TPSA) is 34.5 Å². The van der Waals surface area contributed by atoms with Crippen LogP contribution in [-0.2, 0) is 18.3 Å². The summed E-state index contributed by atoms with van der Waals surface area (Å²) in [5, 5.41) is 1.27. The van der Waals surface area contributed by atoms with Crippen LogP contribution in [0, 0.1) is 12.3 Å². The highest BCUT2D eigenvalue weighted by molar-refractivity contribution is 5.90. The van der Waals surface area contributed by atoms with Crippen LogP contribution in [0.15, 0.2) is 18.3 Å². The molecule has 4 nitrogen and oxygen atoms in total. The average Bonchev–Trinajstić information content (AvgIpc) is 2.87. The summed E-state index contributed by atoms with van der Waals surface area (Å²) >= 11 is 0. The molecule has 1 aliphatic carbocycles. The molecule has 1 amide bonds. The first-order chi connectivity index (χ1) is 11.0. The molecule has 0 fully saturated rings. The largest absolute Gasteiger partial charge is 0.481 e. The fraction of sp³-hybridized carbons (Fsp3) is 0.421. The molecule has 0 radical (unpaired) electrons. The van der Waals surface area contributed by atoms with Gasteiger partial charge in [-0.15, -0.1) is 6.42 Å². The molecule has 1 unspecified atom stereocenters. The minimum Gasteiger partial charge on any atom is -0.481 e. The van der Waals surface area contributed by atoms with Gasteiger partial charge in [-0.2, -0.15) is 0 Å². The standard InChI is InChI=1S/C19H22N2O2/c1-5-10-23-18-9-8-17-19-15(18)7-6-14(11-20(3)13(2)22)16(19)12-21(17)4/h1,8-9,12,14H,6-7,10-11H2,2-4H3. The van der Waals surface area contributed by atoms with Gasteiger partial charge in [-0.25, -0.2) is 0 Å². The normalized spacial score (nSPS) is 16.2. The number of terminal acetylenes is 1. The van der Waals surface area contributed by atoms with E-state index in [4.69, 9.17) is 11.2 Å². The van der Waals surface area contributed by atoms with E-state index in [1.807, 2.05) is 13.1 Å². The second kappa shape index (κ2) is 6.00. The molecule has 1 heterocycles. The van der Waals surface area contributed by atoms with E-state index in [9.17, 15) is 4.79 Å². The van der Waals surface area contributed by atoms with Crippen LogP contribution in [0.4, 0.5) is 0 Å². The monoisotopic (exact) mass is 310 g/mol. The van der Waals surface area contributed by atoms with Gasteiger partial charge >= 0.3 is 0 Å². The Kier molecular flexibility index (Phi) is 4.04. The van der Waals surface area contributed by atoms with Gasteiger partial charge in [0, 0.05) is 56.1 Å². The lowest BCUT2D eigenvalue weighted by Crippen LogP contribution is -2.30. The van der Waals surface area contributed by atoms with Crippen molar-refractivity contribution in [2.45, 2.75) is 25.7 Å². The van der Waals surface area contributed by atoms with Crippen LogP contribution < -0.4 is 4.74 Å². The van der Waals surface area contributed by atoms with Crippen LogP contribution in [0.5, 0.6) is 5.75 Å². The number of rotatable bonds is 4. The molecule has 120 valence electrons. The Morgan fingerprint density at radius 1 is 1.52 bits per heavy atom. The summed E-state index contributed by atoms with van der Waals surface area (Å²) in [6, 6.07) is 4.10. The molecule has 1 aromatic carbocycles. The summed E-state index contributed by atoms with van der Waals surface area (Å²) in [4.78, 5) is 13.4. The first-order valence-electron chi connectivity index (χ1n) is 7.91. The minimum absolute atomic E-state index is 0.106. The number of amides is 1. The van der Waals surface area contributed by atoms with Gasteiger partial charge in [-0.05, 0) is 30.5 Å². The van der Waals surface area contributed by atoms with Crippen molar-refractivity contribution in [3.05, 3.63) is 29.5 Å². The molecule has 1 aliphatic rings. The third kappa shape index (κ3) is 2.68. The van der Waals surface area contributed by atoms with Gasteiger partial charge in [0.15, 0.2) is 0 Å². The number of ether oxygens (including phenoxy) is 1. The number of carbonyl (C=O) groups is 1. The maximum atomic E-state index is 11.6. The van der Waals surface area contributed by atoms with Gasteiger partial charge < -0.3 is 14.2 Å². The summed E-state index contributed by atoms with van der Waals surface area (Å²) in [6.07, 6.45) is 9.47. The molecular formula is C19H22N2O2. The summed E-state index contributed by atoms with van der Waals surface area (Å²) in [5.41, 5.74) is 3.76. The molecule has 1 atom stereocenters. The van der Waals surface area contributed by atoms with Crippen molar-refractivity contribution in [3.63, 3.8) is 0 Å². The van der Waals surface area contributed by atoms with E-state index in [0.29, 0.717) is 5.92 Å². The Hall–Kier alpha value is -2.41. The average molecular weight is 310 g/mol. The van der Waals surface area contributed by atoms with E-state index in [0.717, 1.165) is 25.1 Å². The quantitative estimate of drug-likeness (QED) is 0.814. The van der Waals surface area contributed by atoms with E-state index < -0.39 is 0 Å². The van der Waals surface area contributed by atoms with Crippen molar-refractivity contribution < 1.29 is 9.53 Å². The number of likely N-dealkylation sites (N-methyl/N-ethyl adjacent to an activating group) is 1. The van der Waals surface area contributed by atoms with Gasteiger partial charge in [0.05, 0.1) is 0 Å². The van der Waals surface area contributed by atoms with Crippen molar-refractivity contribution in [2.24, 2.45) is 7.05 Å². The molecule has 1 aromatic heterocycles. The Morgan fingerprint density at radius 3 is 3.00 bits per heavy atom. The van der Waals surface area contributed by atoms with Crippen molar-refractivity contribution >= 4 is 16.8 Å². The summed E-state index contributed by atoms with van der Waals surface area (Å²) in [5.74, 6) is 3.89. The minimum atomic E-state index is 0.106. The van der Waals surface area contributed by atoms with Crippen molar-refractivity contribution in [2.75, 3.05) is 20.2 Å². The molecule has 0 N–H and O–H groups in total. The molecule has 4 heteroatoms. The fourth-order valence-corrected chi connectivity index (χ4v) is 3.51. The molecule has 0 saturated heterocycles. The smallest absolute Gasteiger partial charge is 0.219 e. The van der Waals surface area contributed by atoms with E-state index in [1.54, 1.807) is 11.8 Å². The van der Waals surface area contributed by atoms with Crippen LogP contribution >= 0.6 is 0 Å². The molecule has 0 saturated carbocycles. The number of hydrogen-bond donors (Lipinski definition) is 0. The summed E-state index contributed by atoms with van der Waals surface area (Å²) < 4.78 is 7.89. The second-order valence-electron chi connectivity index (χ2n) is 6.26. The van der Waals surface area contributed by atoms with Gasteiger partial charge in [-0.3, -0.25) is 4.79 Å². The van der Waals surface area contributed by atoms with E-state index in [1.165, 1.54) is 22.0 Å². The lowest BCUT2D eigenvalue weighted by molar-refractivity contribution is -0.127. The van der Waals surface area contributed by atoms with Crippen LogP contribution in [0.1, 0.15) is 30.4 Å². The van der Waals surface area contributed by atoms with Crippen LogP contribution in [0.2, 0.25) is 0 Å². The van der Waals surface area contributed by atoms with Crippen LogP contribution in [0.3, 0.4) is 0 Å². The van der Waals surface area contributed by atoms with E-state index in [2.05, 4.69) is 29.8 Å². The van der Waals surface area contributed by atoms with Gasteiger partial charge in [0.25, 0.3) is 0 Å². The maximum Gasteiger partial charge on any atom is 0.219 e. The molecule has 0 bridgehead atoms. The number of benzene rings is 1. The SMILES string of the molecule is C#CCOc1ccc2c3c(cn2C)C(CN(C)C(C)=O)CCc13. The molecule has 2 aromatic rings. The number of nitrogens with zero attached hydrogens (tertiary/aromatic N) is 2. The lowest BCUT2D eigenvalue weighted by Gasteiger charge is -2.27. The Balaban J connectivity index is 2.05. The second-order valence-corrected chi connectivity index (χ2v) is 6.26. The molecule has 0 spiro atoms. The Bertz CT molecular complexity index is 798. The zero-order valence-corrected chi connectivity index (χ0v) is 13.9. The van der Waals surface area contributed by atoms with Gasteiger partial charge in [0.2, 0.25) is 5.91 Å². The number of aromatic nitrogens is 1. The number of carbonyl (C=O) groups excluding carboxylic acids is 1. The first-order valence-corrected chi connectivity index (χ1v) is 7.91. The summed E-state index contributed by atoms with van der Waals surface area (Å²) in [7, 11) is 3.93. The highest BCUT2D eigenvalue weighted by atomic mass is 16.5. The van der Waals surface area contributed by atoms with Crippen molar-refractivity contribution in [3.8, 4) is 18.1 Å². The molecular weight excluding hydrogens is 288 g/mol. The van der Waals surface area contributed by atoms with Crippen molar-refractivity contribution in [1.29, 1.82) is 0 Å². The third-order valence-corrected chi connectivity index (χ3v) is 4.77. The van der Waals surface area contributed by atoms with Crippen LogP contribution in [-0.4, -0.2) is 35.6 Å². The fourth-order valence-electron chi connectivity index (χ4n) is 3.51. The number of aryl methyl sites for hydroxylation is 2. The third-order valence-electron chi connectivity index (χ3n) is 4.77. The predicted octanol–water partition coefficient (Wildman–Crippen LogP) is 2.70. The molecule has 0 aliphatic heterocycles. The van der Waals surface area contributed by atoms with Crippen molar-refractivity contribution in [1.82, 2.24) is 9.47 Å². The lowest BCUT2D eigenvalue weighted by atomic mass is 9.83.